The van der Waals surface area contributed by atoms with Crippen LogP contribution in [0.4, 0.5) is 0 Å². The fourth-order valence-electron chi connectivity index (χ4n) is 3.87. The maximum atomic E-state index is 12.7. The van der Waals surface area contributed by atoms with Crippen molar-refractivity contribution >= 4 is 38.3 Å². The second-order valence-electron chi connectivity index (χ2n) is 7.41. The molecule has 158 valence electrons. The van der Waals surface area contributed by atoms with Gasteiger partial charge in [0.15, 0.2) is 0 Å². The Kier molecular flexibility index (Phi) is 5.71. The summed E-state index contributed by atoms with van der Waals surface area (Å²) >= 11 is 5.93. The Morgan fingerprint density at radius 2 is 1.93 bits per heavy atom. The molecule has 0 bridgehead atoms. The van der Waals surface area contributed by atoms with Crippen molar-refractivity contribution < 1.29 is 17.6 Å². The highest BCUT2D eigenvalue weighted by atomic mass is 35.5. The minimum absolute atomic E-state index is 0.0128. The van der Waals surface area contributed by atoms with Gasteiger partial charge in [-0.15, -0.1) is 4.40 Å². The lowest BCUT2D eigenvalue weighted by Crippen LogP contribution is -2.43. The van der Waals surface area contributed by atoms with E-state index in [1.807, 2.05) is 11.0 Å². The van der Waals surface area contributed by atoms with Crippen molar-refractivity contribution in [2.45, 2.75) is 26.3 Å². The van der Waals surface area contributed by atoms with Gasteiger partial charge in [-0.3, -0.25) is 4.79 Å². The maximum Gasteiger partial charge on any atom is 0.285 e. The molecule has 0 radical (unpaired) electrons. The number of amidine groups is 1. The lowest BCUT2D eigenvalue weighted by atomic mass is 9.95. The summed E-state index contributed by atoms with van der Waals surface area (Å²) in [6, 6.07) is 10.3. The highest BCUT2D eigenvalue weighted by molar-refractivity contribution is 8.00. The molecular formula is C21H22ClN3O4S. The van der Waals surface area contributed by atoms with Crippen LogP contribution in [0, 0.1) is 5.92 Å². The zero-order valence-corrected chi connectivity index (χ0v) is 18.0. The molecule has 1 N–H and O–H groups in total. The molecule has 30 heavy (non-hydrogen) atoms. The normalized spacial score (nSPS) is 19.1. The van der Waals surface area contributed by atoms with Gasteiger partial charge >= 0.3 is 0 Å². The van der Waals surface area contributed by atoms with Crippen LogP contribution in [0.5, 0.6) is 0 Å². The number of halogens is 1. The molecule has 3 heterocycles. The monoisotopic (exact) mass is 447 g/mol. The number of amides is 1. The number of nitrogens with one attached hydrogen (secondary N) is 1. The first kappa shape index (κ1) is 20.7. The molecule has 2 aliphatic heterocycles. The lowest BCUT2D eigenvalue weighted by Gasteiger charge is -2.32. The Balaban J connectivity index is 1.43. The fraction of sp³-hybridized carbons (Fsp3) is 0.333. The maximum absolute atomic E-state index is 12.7. The molecule has 1 amide bonds. The van der Waals surface area contributed by atoms with E-state index in [1.165, 1.54) is 0 Å². The van der Waals surface area contributed by atoms with Gasteiger partial charge in [-0.1, -0.05) is 23.7 Å². The number of piperidine rings is 1. The van der Waals surface area contributed by atoms with E-state index in [-0.39, 0.29) is 16.7 Å². The third-order valence-corrected chi connectivity index (χ3v) is 7.15. The van der Waals surface area contributed by atoms with E-state index in [9.17, 15) is 13.2 Å². The molecule has 0 atom stereocenters. The first-order valence-electron chi connectivity index (χ1n) is 9.72. The molecule has 1 saturated heterocycles. The number of hydrogen-bond donors (Lipinski definition) is 1. The van der Waals surface area contributed by atoms with Crippen molar-refractivity contribution in [3.63, 3.8) is 0 Å². The van der Waals surface area contributed by atoms with Gasteiger partial charge in [0.05, 0.1) is 12.8 Å². The summed E-state index contributed by atoms with van der Waals surface area (Å²) in [5.74, 6) is 1.05. The van der Waals surface area contributed by atoms with Crippen LogP contribution in [-0.2, 0) is 21.4 Å². The third kappa shape index (κ3) is 4.15. The largest absolute Gasteiger partial charge is 0.467 e. The number of benzene rings is 1. The summed E-state index contributed by atoms with van der Waals surface area (Å²) in [4.78, 5) is 14.6. The van der Waals surface area contributed by atoms with Crippen molar-refractivity contribution in [2.75, 3.05) is 13.1 Å². The SMILES string of the molecule is CC1=C(c2ccc(Cl)cc2)S(=O)(=O)N=C1N1CCC(C(=O)NCc2ccco2)CC1. The number of nitrogens with zero attached hydrogens (tertiary/aromatic N) is 2. The topological polar surface area (TPSA) is 92.0 Å². The van der Waals surface area contributed by atoms with Gasteiger partial charge in [0, 0.05) is 29.6 Å². The Morgan fingerprint density at radius 1 is 1.23 bits per heavy atom. The number of hydrogen-bond acceptors (Lipinski definition) is 5. The van der Waals surface area contributed by atoms with E-state index in [2.05, 4.69) is 9.71 Å². The molecule has 0 aliphatic carbocycles. The number of carbonyl (C=O) groups is 1. The van der Waals surface area contributed by atoms with E-state index in [4.69, 9.17) is 16.0 Å². The predicted octanol–water partition coefficient (Wildman–Crippen LogP) is 3.43. The average Bonchev–Trinajstić information content (AvgIpc) is 3.33. The van der Waals surface area contributed by atoms with Crippen molar-refractivity contribution in [3.05, 3.63) is 64.6 Å². The van der Waals surface area contributed by atoms with Gasteiger partial charge < -0.3 is 14.6 Å². The van der Waals surface area contributed by atoms with Crippen LogP contribution in [0.2, 0.25) is 5.02 Å². The van der Waals surface area contributed by atoms with Crippen LogP contribution in [0.15, 0.2) is 57.0 Å². The smallest absolute Gasteiger partial charge is 0.285 e. The molecule has 1 fully saturated rings. The minimum atomic E-state index is -3.77. The molecule has 0 spiro atoms. The van der Waals surface area contributed by atoms with Crippen LogP contribution in [0.25, 0.3) is 4.91 Å². The number of likely N-dealkylation sites (tertiary alicyclic amines) is 1. The van der Waals surface area contributed by atoms with Gasteiger partial charge in [0.25, 0.3) is 10.0 Å². The predicted molar refractivity (Wildman–Crippen MR) is 115 cm³/mol. The summed E-state index contributed by atoms with van der Waals surface area (Å²) in [6.45, 7) is 3.27. The Morgan fingerprint density at radius 3 is 2.57 bits per heavy atom. The fourth-order valence-corrected chi connectivity index (χ4v) is 5.48. The summed E-state index contributed by atoms with van der Waals surface area (Å²) in [5, 5.41) is 3.44. The number of carbonyl (C=O) groups excluding carboxylic acids is 1. The quantitative estimate of drug-likeness (QED) is 0.775. The second-order valence-corrected chi connectivity index (χ2v) is 9.39. The standard InChI is InChI=1S/C21H22ClN3O4S/c1-14-19(15-4-6-17(22)7-5-15)30(27,28)24-20(14)25-10-8-16(9-11-25)21(26)23-13-18-3-2-12-29-18/h2-7,12,16H,8-11,13H2,1H3,(H,23,26). The molecule has 7 nitrogen and oxygen atoms in total. The molecule has 9 heteroatoms. The van der Waals surface area contributed by atoms with Crippen LogP contribution >= 0.6 is 11.6 Å². The summed E-state index contributed by atoms with van der Waals surface area (Å²) in [7, 11) is -3.77. The van der Waals surface area contributed by atoms with Crippen LogP contribution in [0.1, 0.15) is 31.1 Å². The average molecular weight is 448 g/mol. The second kappa shape index (κ2) is 8.28. The van der Waals surface area contributed by atoms with Gasteiger partial charge in [0.2, 0.25) is 5.91 Å². The van der Waals surface area contributed by atoms with E-state index < -0.39 is 10.0 Å². The van der Waals surface area contributed by atoms with Crippen LogP contribution < -0.4 is 5.32 Å². The van der Waals surface area contributed by atoms with E-state index >= 15 is 0 Å². The lowest BCUT2D eigenvalue weighted by molar-refractivity contribution is -0.126. The highest BCUT2D eigenvalue weighted by Gasteiger charge is 2.35. The van der Waals surface area contributed by atoms with Gasteiger partial charge in [0.1, 0.15) is 16.5 Å². The molecular weight excluding hydrogens is 426 g/mol. The molecule has 4 rings (SSSR count). The summed E-state index contributed by atoms with van der Waals surface area (Å²) in [5.41, 5.74) is 1.20. The number of sulfonamides is 1. The van der Waals surface area contributed by atoms with Crippen molar-refractivity contribution in [2.24, 2.45) is 10.3 Å². The Bertz CT molecular complexity index is 1100. The summed E-state index contributed by atoms with van der Waals surface area (Å²) in [6.07, 6.45) is 2.84. The van der Waals surface area contributed by atoms with E-state index in [1.54, 1.807) is 43.5 Å². The highest BCUT2D eigenvalue weighted by Crippen LogP contribution is 2.35. The Labute approximate surface area is 180 Å². The first-order valence-corrected chi connectivity index (χ1v) is 11.5. The Hall–Kier alpha value is -2.58. The van der Waals surface area contributed by atoms with Crippen molar-refractivity contribution in [1.29, 1.82) is 0 Å². The van der Waals surface area contributed by atoms with Crippen molar-refractivity contribution in [3.8, 4) is 0 Å². The zero-order valence-electron chi connectivity index (χ0n) is 16.5. The molecule has 0 saturated carbocycles. The minimum Gasteiger partial charge on any atom is -0.467 e. The number of rotatable bonds is 4. The van der Waals surface area contributed by atoms with E-state index in [0.29, 0.717) is 60.2 Å². The van der Waals surface area contributed by atoms with Crippen LogP contribution in [0.3, 0.4) is 0 Å². The van der Waals surface area contributed by atoms with E-state index in [0.717, 1.165) is 0 Å². The third-order valence-electron chi connectivity index (χ3n) is 5.43. The molecule has 2 aromatic rings. The summed E-state index contributed by atoms with van der Waals surface area (Å²) < 4.78 is 34.7. The van der Waals surface area contributed by atoms with Gasteiger partial charge in [-0.2, -0.15) is 8.42 Å². The van der Waals surface area contributed by atoms with Gasteiger partial charge in [-0.25, -0.2) is 0 Å². The molecule has 2 aliphatic rings. The number of furan rings is 1. The van der Waals surface area contributed by atoms with Crippen LogP contribution in [-0.4, -0.2) is 38.2 Å². The first-order chi connectivity index (χ1) is 14.3. The van der Waals surface area contributed by atoms with Crippen molar-refractivity contribution in [1.82, 2.24) is 10.2 Å². The van der Waals surface area contributed by atoms with Gasteiger partial charge in [-0.05, 0) is 49.6 Å². The molecule has 0 unspecified atom stereocenters. The molecule has 1 aromatic carbocycles. The zero-order chi connectivity index (χ0) is 21.3. The molecule has 1 aromatic heterocycles.